The molecule has 3 N–H and O–H groups in total. The molecule has 2 aliphatic heterocycles. The minimum Gasteiger partial charge on any atom is -0.391 e. The lowest BCUT2D eigenvalue weighted by molar-refractivity contribution is -0.116. The van der Waals surface area contributed by atoms with E-state index in [1.54, 1.807) is 29.2 Å². The van der Waals surface area contributed by atoms with Crippen molar-refractivity contribution in [3.63, 3.8) is 0 Å². The maximum Gasteiger partial charge on any atom is 0.321 e. The molecule has 0 saturated carbocycles. The van der Waals surface area contributed by atoms with Crippen LogP contribution >= 0.6 is 0 Å². The average molecular weight is 361 g/mol. The van der Waals surface area contributed by atoms with Gasteiger partial charge in [-0.1, -0.05) is 13.0 Å². The summed E-state index contributed by atoms with van der Waals surface area (Å²) in [4.78, 5) is 26.0. The van der Waals surface area contributed by atoms with E-state index in [1.165, 1.54) is 0 Å². The Bertz CT molecular complexity index is 656. The van der Waals surface area contributed by atoms with Gasteiger partial charge < -0.3 is 25.4 Å². The van der Waals surface area contributed by atoms with Gasteiger partial charge in [0.25, 0.3) is 0 Å². The van der Waals surface area contributed by atoms with Crippen LogP contribution in [0.5, 0.6) is 0 Å². The Morgan fingerprint density at radius 1 is 1.27 bits per heavy atom. The van der Waals surface area contributed by atoms with Crippen LogP contribution in [0.15, 0.2) is 24.3 Å². The first-order valence-electron chi connectivity index (χ1n) is 9.27. The number of piperidine rings is 1. The zero-order valence-electron chi connectivity index (χ0n) is 15.2. The van der Waals surface area contributed by atoms with Gasteiger partial charge in [-0.25, -0.2) is 4.79 Å². The van der Waals surface area contributed by atoms with Crippen molar-refractivity contribution in [2.24, 2.45) is 0 Å². The van der Waals surface area contributed by atoms with Crippen molar-refractivity contribution in [3.8, 4) is 0 Å². The Labute approximate surface area is 153 Å². The summed E-state index contributed by atoms with van der Waals surface area (Å²) in [5, 5.41) is 15.4. The monoisotopic (exact) mass is 361 g/mol. The number of ether oxygens (including phenoxy) is 1. The van der Waals surface area contributed by atoms with E-state index in [0.717, 1.165) is 19.3 Å². The number of carbonyl (C=O) groups is 2. The SMILES string of the molecule is CCCC(=O)Nc1cccc(NC(=O)N2CCC3(CC2)C[C@H](O)CO3)c1. The molecule has 3 rings (SSSR count). The van der Waals surface area contributed by atoms with Crippen LogP contribution < -0.4 is 10.6 Å². The molecule has 26 heavy (non-hydrogen) atoms. The van der Waals surface area contributed by atoms with E-state index in [4.69, 9.17) is 4.74 Å². The van der Waals surface area contributed by atoms with E-state index < -0.39 is 0 Å². The third-order valence-corrected chi connectivity index (χ3v) is 5.03. The number of aliphatic hydroxyl groups excluding tert-OH is 1. The summed E-state index contributed by atoms with van der Waals surface area (Å²) in [6.45, 7) is 3.55. The Hall–Kier alpha value is -2.12. The molecular formula is C19H27N3O4. The normalized spacial score (nSPS) is 21.6. The second-order valence-electron chi connectivity index (χ2n) is 7.15. The highest BCUT2D eigenvalue weighted by Gasteiger charge is 2.42. The first-order chi connectivity index (χ1) is 12.5. The van der Waals surface area contributed by atoms with Gasteiger partial charge >= 0.3 is 6.03 Å². The number of anilines is 2. The Balaban J connectivity index is 1.53. The van der Waals surface area contributed by atoms with Crippen molar-refractivity contribution < 1.29 is 19.4 Å². The molecule has 2 aliphatic rings. The molecule has 0 radical (unpaired) electrons. The smallest absolute Gasteiger partial charge is 0.321 e. The molecule has 1 spiro atoms. The summed E-state index contributed by atoms with van der Waals surface area (Å²) in [6, 6.07) is 7.01. The first-order valence-corrected chi connectivity index (χ1v) is 9.27. The Morgan fingerprint density at radius 3 is 2.58 bits per heavy atom. The zero-order valence-corrected chi connectivity index (χ0v) is 15.2. The number of carbonyl (C=O) groups excluding carboxylic acids is 2. The van der Waals surface area contributed by atoms with Crippen molar-refractivity contribution in [1.29, 1.82) is 0 Å². The van der Waals surface area contributed by atoms with Crippen LogP contribution in [0.1, 0.15) is 39.0 Å². The Kier molecular flexibility index (Phi) is 5.78. The van der Waals surface area contributed by atoms with E-state index in [0.29, 0.717) is 43.9 Å². The summed E-state index contributed by atoms with van der Waals surface area (Å²) >= 11 is 0. The van der Waals surface area contributed by atoms with E-state index in [2.05, 4.69) is 10.6 Å². The van der Waals surface area contributed by atoms with E-state index in [9.17, 15) is 14.7 Å². The standard InChI is InChI=1S/C19H27N3O4/c1-2-4-17(24)20-14-5-3-6-15(11-14)21-18(25)22-9-7-19(8-10-22)12-16(23)13-26-19/h3,5-6,11,16,23H,2,4,7-10,12-13H2,1H3,(H,20,24)(H,21,25)/t16-/m0/s1. The van der Waals surface area contributed by atoms with Gasteiger partial charge in [-0.3, -0.25) is 4.79 Å². The molecule has 3 amide bonds. The van der Waals surface area contributed by atoms with Crippen molar-refractivity contribution in [1.82, 2.24) is 4.90 Å². The quantitative estimate of drug-likeness (QED) is 0.769. The molecule has 142 valence electrons. The molecule has 0 bridgehead atoms. The molecule has 0 unspecified atom stereocenters. The fourth-order valence-electron chi connectivity index (χ4n) is 3.61. The lowest BCUT2D eigenvalue weighted by atomic mass is 9.88. The number of aliphatic hydroxyl groups is 1. The van der Waals surface area contributed by atoms with Gasteiger partial charge in [0.2, 0.25) is 5.91 Å². The fraction of sp³-hybridized carbons (Fsp3) is 0.579. The molecule has 0 aromatic heterocycles. The number of amides is 3. The number of hydrogen-bond acceptors (Lipinski definition) is 4. The van der Waals surface area contributed by atoms with E-state index in [-0.39, 0.29) is 23.6 Å². The van der Waals surface area contributed by atoms with Crippen LogP contribution in [-0.2, 0) is 9.53 Å². The third-order valence-electron chi connectivity index (χ3n) is 5.03. The third kappa shape index (κ3) is 4.53. The molecule has 1 aromatic rings. The number of benzene rings is 1. The van der Waals surface area contributed by atoms with Gasteiger partial charge in [-0.2, -0.15) is 0 Å². The van der Waals surface area contributed by atoms with Crippen LogP contribution in [0.25, 0.3) is 0 Å². The fourth-order valence-corrected chi connectivity index (χ4v) is 3.61. The number of likely N-dealkylation sites (tertiary alicyclic amines) is 1. The van der Waals surface area contributed by atoms with Gasteiger partial charge in [0.05, 0.1) is 18.3 Å². The second kappa shape index (κ2) is 8.05. The molecule has 2 saturated heterocycles. The number of hydrogen-bond donors (Lipinski definition) is 3. The first kappa shape index (κ1) is 18.7. The molecule has 0 aliphatic carbocycles. The van der Waals surface area contributed by atoms with Crippen LogP contribution in [0.2, 0.25) is 0 Å². The predicted molar refractivity (Wildman–Crippen MR) is 99.1 cm³/mol. The molecule has 1 atom stereocenters. The van der Waals surface area contributed by atoms with Crippen LogP contribution in [0.4, 0.5) is 16.2 Å². The second-order valence-corrected chi connectivity index (χ2v) is 7.15. The highest BCUT2D eigenvalue weighted by atomic mass is 16.5. The number of nitrogens with zero attached hydrogens (tertiary/aromatic N) is 1. The summed E-state index contributed by atoms with van der Waals surface area (Å²) in [7, 11) is 0. The predicted octanol–water partition coefficient (Wildman–Crippen LogP) is 2.57. The van der Waals surface area contributed by atoms with Crippen LogP contribution in [-0.4, -0.2) is 53.3 Å². The number of urea groups is 1. The van der Waals surface area contributed by atoms with Gasteiger partial charge in [-0.15, -0.1) is 0 Å². The van der Waals surface area contributed by atoms with Gasteiger partial charge in [0, 0.05) is 37.3 Å². The molecule has 7 heteroatoms. The van der Waals surface area contributed by atoms with Gasteiger partial charge in [0.15, 0.2) is 0 Å². The maximum absolute atomic E-state index is 12.5. The summed E-state index contributed by atoms with van der Waals surface area (Å²) < 4.78 is 5.76. The van der Waals surface area contributed by atoms with Gasteiger partial charge in [-0.05, 0) is 37.5 Å². The van der Waals surface area contributed by atoms with Crippen molar-refractivity contribution in [2.45, 2.75) is 50.7 Å². The summed E-state index contributed by atoms with van der Waals surface area (Å²) in [5.74, 6) is -0.0314. The lowest BCUT2D eigenvalue weighted by Gasteiger charge is -2.38. The van der Waals surface area contributed by atoms with Crippen LogP contribution in [0, 0.1) is 0 Å². The summed E-state index contributed by atoms with van der Waals surface area (Å²) in [5.41, 5.74) is 1.06. The molecular weight excluding hydrogens is 334 g/mol. The Morgan fingerprint density at radius 2 is 1.96 bits per heavy atom. The molecule has 2 fully saturated rings. The largest absolute Gasteiger partial charge is 0.391 e. The lowest BCUT2D eigenvalue weighted by Crippen LogP contribution is -2.47. The average Bonchev–Trinajstić information content (AvgIpc) is 2.96. The minimum absolute atomic E-state index is 0.0314. The van der Waals surface area contributed by atoms with Crippen molar-refractivity contribution in [3.05, 3.63) is 24.3 Å². The number of nitrogens with one attached hydrogen (secondary N) is 2. The zero-order chi connectivity index (χ0) is 18.6. The number of rotatable bonds is 4. The molecule has 1 aromatic carbocycles. The molecule has 2 heterocycles. The van der Waals surface area contributed by atoms with Crippen LogP contribution in [0.3, 0.4) is 0 Å². The summed E-state index contributed by atoms with van der Waals surface area (Å²) in [6.07, 6.45) is 3.01. The molecule has 7 nitrogen and oxygen atoms in total. The van der Waals surface area contributed by atoms with Gasteiger partial charge in [0.1, 0.15) is 0 Å². The van der Waals surface area contributed by atoms with E-state index >= 15 is 0 Å². The van der Waals surface area contributed by atoms with Crippen molar-refractivity contribution in [2.75, 3.05) is 30.3 Å². The highest BCUT2D eigenvalue weighted by Crippen LogP contribution is 2.36. The maximum atomic E-state index is 12.5. The minimum atomic E-state index is -0.388. The van der Waals surface area contributed by atoms with Crippen molar-refractivity contribution >= 4 is 23.3 Å². The van der Waals surface area contributed by atoms with E-state index in [1.807, 2.05) is 6.92 Å². The highest BCUT2D eigenvalue weighted by molar-refractivity contribution is 5.93. The topological polar surface area (TPSA) is 90.9 Å².